The number of halogens is 4. The molecule has 2 N–H and O–H groups in total. The lowest BCUT2D eigenvalue weighted by molar-refractivity contribution is -0.384. The first kappa shape index (κ1) is 18.0. The van der Waals surface area contributed by atoms with E-state index in [-0.39, 0.29) is 11.4 Å². The molecule has 0 radical (unpaired) electrons. The van der Waals surface area contributed by atoms with Crippen molar-refractivity contribution in [1.29, 1.82) is 0 Å². The smallest absolute Gasteiger partial charge is 0.416 e. The fourth-order valence-electron chi connectivity index (χ4n) is 1.73. The lowest BCUT2D eigenvalue weighted by Crippen LogP contribution is -2.06. The van der Waals surface area contributed by atoms with Gasteiger partial charge in [0.2, 0.25) is 0 Å². The van der Waals surface area contributed by atoms with E-state index in [9.17, 15) is 28.4 Å². The minimum Gasteiger partial charge on any atom is -0.507 e. The highest BCUT2D eigenvalue weighted by Gasteiger charge is 2.33. The van der Waals surface area contributed by atoms with Crippen LogP contribution in [0.4, 0.5) is 24.5 Å². The molecule has 0 saturated carbocycles. The number of hydrogen-bond donors (Lipinski definition) is 2. The summed E-state index contributed by atoms with van der Waals surface area (Å²) < 4.78 is 38.4. The maximum Gasteiger partial charge on any atom is 0.416 e. The molecule has 0 aliphatic carbocycles. The number of benzene rings is 2. The van der Waals surface area contributed by atoms with E-state index in [4.69, 9.17) is 0 Å². The first-order valence-corrected chi connectivity index (χ1v) is 7.39. The second-order valence-electron chi connectivity index (χ2n) is 4.57. The molecule has 2 aromatic carbocycles. The minimum absolute atomic E-state index is 0.0964. The molecule has 0 unspecified atom stereocenters. The standard InChI is InChI=1S/C14H9F3IN3O3/c15-14(16,17)9-2-3-11(12(6-9)21(23)24)20-19-7-8-1-4-13(22)10(18)5-8/h1-7,20,22H/b19-7+. The normalized spacial score (nSPS) is 11.7. The van der Waals surface area contributed by atoms with Crippen molar-refractivity contribution in [2.75, 3.05) is 5.43 Å². The quantitative estimate of drug-likeness (QED) is 0.313. The van der Waals surface area contributed by atoms with Gasteiger partial charge in [0.05, 0.1) is 20.3 Å². The average Bonchev–Trinajstić information content (AvgIpc) is 2.50. The van der Waals surface area contributed by atoms with E-state index < -0.39 is 22.4 Å². The number of hydrazone groups is 1. The van der Waals surface area contributed by atoms with Gasteiger partial charge < -0.3 is 5.11 Å². The van der Waals surface area contributed by atoms with Crippen molar-refractivity contribution in [3.63, 3.8) is 0 Å². The van der Waals surface area contributed by atoms with Gasteiger partial charge in [-0.25, -0.2) is 0 Å². The van der Waals surface area contributed by atoms with Crippen LogP contribution >= 0.6 is 22.6 Å². The Morgan fingerprint density at radius 3 is 2.54 bits per heavy atom. The Morgan fingerprint density at radius 1 is 1.25 bits per heavy atom. The van der Waals surface area contributed by atoms with Crippen LogP contribution in [-0.2, 0) is 6.18 Å². The molecular formula is C14H9F3IN3O3. The summed E-state index contributed by atoms with van der Waals surface area (Å²) in [4.78, 5) is 10.0. The third-order valence-corrected chi connectivity index (χ3v) is 3.76. The number of phenols is 1. The lowest BCUT2D eigenvalue weighted by atomic mass is 10.1. The Kier molecular flexibility index (Phi) is 5.26. The van der Waals surface area contributed by atoms with Crippen molar-refractivity contribution in [2.45, 2.75) is 6.18 Å². The monoisotopic (exact) mass is 451 g/mol. The molecule has 0 heterocycles. The largest absolute Gasteiger partial charge is 0.507 e. The number of hydrogen-bond acceptors (Lipinski definition) is 5. The van der Waals surface area contributed by atoms with Gasteiger partial charge in [-0.05, 0) is 58.5 Å². The van der Waals surface area contributed by atoms with Gasteiger partial charge in [0.25, 0.3) is 5.69 Å². The molecule has 0 amide bonds. The predicted molar refractivity (Wildman–Crippen MR) is 90.1 cm³/mol. The summed E-state index contributed by atoms with van der Waals surface area (Å²) in [5.41, 5.74) is 0.931. The summed E-state index contributed by atoms with van der Waals surface area (Å²) in [6.07, 6.45) is -3.35. The van der Waals surface area contributed by atoms with Crippen LogP contribution in [0.3, 0.4) is 0 Å². The Hall–Kier alpha value is -2.37. The van der Waals surface area contributed by atoms with Crippen LogP contribution < -0.4 is 5.43 Å². The van der Waals surface area contributed by atoms with Crippen LogP contribution in [0, 0.1) is 13.7 Å². The van der Waals surface area contributed by atoms with E-state index in [0.717, 1.165) is 12.1 Å². The van der Waals surface area contributed by atoms with Crippen molar-refractivity contribution in [3.05, 3.63) is 61.2 Å². The molecular weight excluding hydrogens is 442 g/mol. The average molecular weight is 451 g/mol. The second kappa shape index (κ2) is 7.03. The summed E-state index contributed by atoms with van der Waals surface area (Å²) in [5, 5.41) is 24.1. The van der Waals surface area contributed by atoms with Crippen LogP contribution in [0.25, 0.3) is 0 Å². The van der Waals surface area contributed by atoms with E-state index in [1.807, 2.05) is 22.6 Å². The number of nitrogens with one attached hydrogen (secondary N) is 1. The minimum atomic E-state index is -4.67. The highest BCUT2D eigenvalue weighted by molar-refractivity contribution is 14.1. The number of nitro groups is 1. The summed E-state index contributed by atoms with van der Waals surface area (Å²) in [6, 6.07) is 6.74. The molecule has 0 fully saturated rings. The number of nitro benzene ring substituents is 1. The fraction of sp³-hybridized carbons (Fsp3) is 0.0714. The van der Waals surface area contributed by atoms with Gasteiger partial charge in [0, 0.05) is 6.07 Å². The molecule has 0 aliphatic rings. The van der Waals surface area contributed by atoms with Crippen LogP contribution in [-0.4, -0.2) is 16.2 Å². The molecule has 0 atom stereocenters. The fourth-order valence-corrected chi connectivity index (χ4v) is 2.27. The number of rotatable bonds is 4. The van der Waals surface area contributed by atoms with Gasteiger partial charge in [0.15, 0.2) is 0 Å². The number of anilines is 1. The Morgan fingerprint density at radius 2 is 1.96 bits per heavy atom. The molecule has 126 valence electrons. The third kappa shape index (κ3) is 4.34. The van der Waals surface area contributed by atoms with Crippen LogP contribution in [0.2, 0.25) is 0 Å². The SMILES string of the molecule is O=[N+]([O-])c1cc(C(F)(F)F)ccc1N/N=C/c1ccc(O)c(I)c1. The topological polar surface area (TPSA) is 87.8 Å². The van der Waals surface area contributed by atoms with Gasteiger partial charge in [0.1, 0.15) is 11.4 Å². The number of alkyl halides is 3. The molecule has 0 bridgehead atoms. The molecule has 0 aromatic heterocycles. The second-order valence-corrected chi connectivity index (χ2v) is 5.73. The zero-order valence-electron chi connectivity index (χ0n) is 11.7. The summed E-state index contributed by atoms with van der Waals surface area (Å²) in [6.45, 7) is 0. The molecule has 0 spiro atoms. The first-order valence-electron chi connectivity index (χ1n) is 6.31. The first-order chi connectivity index (χ1) is 11.2. The molecule has 0 saturated heterocycles. The molecule has 2 aromatic rings. The van der Waals surface area contributed by atoms with Crippen molar-refractivity contribution >= 4 is 40.2 Å². The molecule has 2 rings (SSSR count). The lowest BCUT2D eigenvalue weighted by Gasteiger charge is -2.08. The number of phenolic OH excluding ortho intramolecular Hbond substituents is 1. The maximum absolute atomic E-state index is 12.6. The Bertz CT molecular complexity index is 810. The van der Waals surface area contributed by atoms with E-state index in [2.05, 4.69) is 10.5 Å². The van der Waals surface area contributed by atoms with Crippen molar-refractivity contribution < 1.29 is 23.2 Å². The van der Waals surface area contributed by atoms with Crippen molar-refractivity contribution in [1.82, 2.24) is 0 Å². The Balaban J connectivity index is 2.24. The maximum atomic E-state index is 12.6. The zero-order chi connectivity index (χ0) is 17.9. The molecule has 10 heteroatoms. The Labute approximate surface area is 147 Å². The van der Waals surface area contributed by atoms with Gasteiger partial charge in [-0.1, -0.05) is 0 Å². The van der Waals surface area contributed by atoms with Crippen LogP contribution in [0.1, 0.15) is 11.1 Å². The van der Waals surface area contributed by atoms with E-state index in [1.165, 1.54) is 12.3 Å². The summed E-state index contributed by atoms with van der Waals surface area (Å²) >= 11 is 1.91. The van der Waals surface area contributed by atoms with Gasteiger partial charge in [-0.3, -0.25) is 15.5 Å². The van der Waals surface area contributed by atoms with Crippen molar-refractivity contribution in [2.24, 2.45) is 5.10 Å². The molecule has 24 heavy (non-hydrogen) atoms. The van der Waals surface area contributed by atoms with E-state index in [1.54, 1.807) is 12.1 Å². The highest BCUT2D eigenvalue weighted by Crippen LogP contribution is 2.34. The van der Waals surface area contributed by atoms with Crippen molar-refractivity contribution in [3.8, 4) is 5.75 Å². The third-order valence-electron chi connectivity index (χ3n) is 2.89. The van der Waals surface area contributed by atoms with Gasteiger partial charge in [-0.2, -0.15) is 18.3 Å². The van der Waals surface area contributed by atoms with E-state index in [0.29, 0.717) is 15.2 Å². The zero-order valence-corrected chi connectivity index (χ0v) is 13.9. The summed E-state index contributed by atoms with van der Waals surface area (Å²) in [5.74, 6) is 0.0964. The summed E-state index contributed by atoms with van der Waals surface area (Å²) in [7, 11) is 0. The van der Waals surface area contributed by atoms with Crippen LogP contribution in [0.5, 0.6) is 5.75 Å². The van der Waals surface area contributed by atoms with Gasteiger partial charge >= 0.3 is 6.18 Å². The van der Waals surface area contributed by atoms with Crippen LogP contribution in [0.15, 0.2) is 41.5 Å². The highest BCUT2D eigenvalue weighted by atomic mass is 127. The van der Waals surface area contributed by atoms with Gasteiger partial charge in [-0.15, -0.1) is 0 Å². The number of aromatic hydroxyl groups is 1. The number of nitrogens with zero attached hydrogens (tertiary/aromatic N) is 2. The molecule has 6 nitrogen and oxygen atoms in total. The van der Waals surface area contributed by atoms with E-state index >= 15 is 0 Å². The molecule has 0 aliphatic heterocycles. The predicted octanol–water partition coefficient (Wildman–Crippen LogP) is 4.37.